The molecule has 0 radical (unpaired) electrons. The third kappa shape index (κ3) is 3.48. The van der Waals surface area contributed by atoms with E-state index in [9.17, 15) is 9.18 Å². The number of hydrogen-bond acceptors (Lipinski definition) is 4. The molecule has 0 atom stereocenters. The van der Waals surface area contributed by atoms with Gasteiger partial charge in [0.05, 0.1) is 37.1 Å². The molecule has 0 saturated heterocycles. The lowest BCUT2D eigenvalue weighted by Gasteiger charge is -2.29. The second-order valence-corrected chi connectivity index (χ2v) is 8.15. The Labute approximate surface area is 185 Å². The first kappa shape index (κ1) is 20.5. The fraction of sp³-hybridized carbons (Fsp3) is 0.280. The zero-order valence-corrected chi connectivity index (χ0v) is 18.2. The number of ether oxygens (including phenoxy) is 1. The summed E-state index contributed by atoms with van der Waals surface area (Å²) in [5, 5.41) is 5.25. The maximum Gasteiger partial charge on any atom is 0.236 e. The van der Waals surface area contributed by atoms with Crippen molar-refractivity contribution < 1.29 is 13.9 Å². The molecule has 4 aromatic rings. The van der Waals surface area contributed by atoms with Crippen molar-refractivity contribution in [3.8, 4) is 5.75 Å². The van der Waals surface area contributed by atoms with Crippen molar-refractivity contribution in [1.29, 1.82) is 0 Å². The van der Waals surface area contributed by atoms with Gasteiger partial charge >= 0.3 is 0 Å². The van der Waals surface area contributed by atoms with E-state index in [-0.39, 0.29) is 17.5 Å². The van der Waals surface area contributed by atoms with E-state index in [1.54, 1.807) is 13.1 Å². The Hall–Kier alpha value is -3.45. The van der Waals surface area contributed by atoms with Gasteiger partial charge in [-0.3, -0.25) is 9.78 Å². The lowest BCUT2D eigenvalue weighted by atomic mass is 9.96. The average molecular weight is 432 g/mol. The molecule has 0 unspecified atom stereocenters. The monoisotopic (exact) mass is 432 g/mol. The van der Waals surface area contributed by atoms with Gasteiger partial charge in [0, 0.05) is 29.3 Å². The first-order valence-corrected chi connectivity index (χ1v) is 10.7. The number of benzene rings is 2. The van der Waals surface area contributed by atoms with Gasteiger partial charge in [0.2, 0.25) is 5.91 Å². The van der Waals surface area contributed by atoms with Crippen molar-refractivity contribution in [2.24, 2.45) is 0 Å². The fourth-order valence-corrected chi connectivity index (χ4v) is 4.63. The van der Waals surface area contributed by atoms with Crippen molar-refractivity contribution in [3.63, 3.8) is 0 Å². The molecule has 0 saturated carbocycles. The van der Waals surface area contributed by atoms with Crippen LogP contribution >= 0.6 is 0 Å². The Kier molecular flexibility index (Phi) is 5.27. The minimum absolute atomic E-state index is 0.0674. The van der Waals surface area contributed by atoms with Gasteiger partial charge in [0.15, 0.2) is 11.6 Å². The number of nitrogens with zero attached hydrogens (tertiary/aromatic N) is 2. The van der Waals surface area contributed by atoms with Crippen LogP contribution in [0.5, 0.6) is 5.75 Å². The Morgan fingerprint density at radius 3 is 2.91 bits per heavy atom. The lowest BCUT2D eigenvalue weighted by molar-refractivity contribution is -0.131. The molecule has 3 heterocycles. The molecular weight excluding hydrogens is 407 g/mol. The van der Waals surface area contributed by atoms with Gasteiger partial charge in [-0.1, -0.05) is 24.3 Å². The highest BCUT2D eigenvalue weighted by molar-refractivity contribution is 6.10. The van der Waals surface area contributed by atoms with E-state index in [1.807, 2.05) is 23.1 Å². The molecule has 32 heavy (non-hydrogen) atoms. The van der Waals surface area contributed by atoms with Crippen molar-refractivity contribution in [2.45, 2.75) is 19.4 Å². The van der Waals surface area contributed by atoms with Crippen LogP contribution in [-0.4, -0.2) is 48.0 Å². The fourth-order valence-electron chi connectivity index (χ4n) is 4.63. The molecule has 2 N–H and O–H groups in total. The Balaban J connectivity index is 1.64. The maximum atomic E-state index is 14.3. The van der Waals surface area contributed by atoms with Crippen LogP contribution in [0.4, 0.5) is 4.39 Å². The number of likely N-dealkylation sites (N-methyl/N-ethyl adjacent to an activating group) is 1. The summed E-state index contributed by atoms with van der Waals surface area (Å²) in [6, 6.07) is 13.2. The zero-order valence-electron chi connectivity index (χ0n) is 18.2. The quantitative estimate of drug-likeness (QED) is 0.506. The van der Waals surface area contributed by atoms with Gasteiger partial charge in [-0.15, -0.1) is 0 Å². The Bertz CT molecular complexity index is 1330. The zero-order chi connectivity index (χ0) is 22.2. The molecule has 2 aromatic heterocycles. The summed E-state index contributed by atoms with van der Waals surface area (Å²) < 4.78 is 19.4. The molecule has 1 amide bonds. The van der Waals surface area contributed by atoms with Gasteiger partial charge in [-0.2, -0.15) is 0 Å². The van der Waals surface area contributed by atoms with Crippen LogP contribution in [0.1, 0.15) is 22.5 Å². The molecule has 0 fully saturated rings. The van der Waals surface area contributed by atoms with Crippen LogP contribution in [0.2, 0.25) is 0 Å². The number of H-pyrrole nitrogens is 1. The molecule has 0 aliphatic carbocycles. The number of pyridine rings is 1. The van der Waals surface area contributed by atoms with Crippen LogP contribution in [0, 0.1) is 5.82 Å². The predicted octanol–water partition coefficient (Wildman–Crippen LogP) is 3.56. The van der Waals surface area contributed by atoms with E-state index in [0.717, 1.165) is 45.2 Å². The molecule has 1 aliphatic heterocycles. The second kappa shape index (κ2) is 8.24. The summed E-state index contributed by atoms with van der Waals surface area (Å²) in [5.41, 5.74) is 5.80. The van der Waals surface area contributed by atoms with Gasteiger partial charge in [0.25, 0.3) is 0 Å². The summed E-state index contributed by atoms with van der Waals surface area (Å²) in [7, 11) is 3.23. The van der Waals surface area contributed by atoms with Crippen LogP contribution < -0.4 is 10.1 Å². The van der Waals surface area contributed by atoms with E-state index in [1.165, 1.54) is 18.7 Å². The Morgan fingerprint density at radius 1 is 1.28 bits per heavy atom. The molecule has 7 heteroatoms. The number of nitrogens with one attached hydrogen (secondary N) is 2. The third-order valence-corrected chi connectivity index (χ3v) is 6.16. The highest BCUT2D eigenvalue weighted by atomic mass is 19.1. The van der Waals surface area contributed by atoms with E-state index < -0.39 is 0 Å². The first-order valence-electron chi connectivity index (χ1n) is 10.7. The number of aromatic amines is 1. The summed E-state index contributed by atoms with van der Waals surface area (Å²) >= 11 is 0. The van der Waals surface area contributed by atoms with Gasteiger partial charge < -0.3 is 19.9 Å². The highest BCUT2D eigenvalue weighted by Crippen LogP contribution is 2.35. The van der Waals surface area contributed by atoms with Gasteiger partial charge in [-0.05, 0) is 42.8 Å². The van der Waals surface area contributed by atoms with Crippen molar-refractivity contribution in [3.05, 3.63) is 70.8 Å². The largest absolute Gasteiger partial charge is 0.494 e. The van der Waals surface area contributed by atoms with E-state index >= 15 is 0 Å². The van der Waals surface area contributed by atoms with Crippen molar-refractivity contribution in [2.75, 3.05) is 27.2 Å². The van der Waals surface area contributed by atoms with E-state index in [0.29, 0.717) is 26.1 Å². The third-order valence-electron chi connectivity index (χ3n) is 6.16. The number of hydrogen-bond donors (Lipinski definition) is 2. The minimum atomic E-state index is -0.389. The van der Waals surface area contributed by atoms with Crippen LogP contribution in [0.15, 0.2) is 42.5 Å². The smallest absolute Gasteiger partial charge is 0.236 e. The number of amides is 1. The lowest BCUT2D eigenvalue weighted by Crippen LogP contribution is -2.40. The molecule has 0 spiro atoms. The molecule has 1 aliphatic rings. The molecule has 5 rings (SSSR count). The van der Waals surface area contributed by atoms with Crippen LogP contribution in [-0.2, 0) is 24.2 Å². The number of fused-ring (bicyclic) bond motifs is 5. The summed E-state index contributed by atoms with van der Waals surface area (Å²) in [4.78, 5) is 22.9. The number of aromatic nitrogens is 2. The predicted molar refractivity (Wildman–Crippen MR) is 122 cm³/mol. The van der Waals surface area contributed by atoms with Gasteiger partial charge in [-0.25, -0.2) is 4.39 Å². The molecule has 2 aromatic carbocycles. The Morgan fingerprint density at radius 2 is 2.12 bits per heavy atom. The van der Waals surface area contributed by atoms with Crippen molar-refractivity contribution >= 4 is 27.7 Å². The van der Waals surface area contributed by atoms with E-state index in [2.05, 4.69) is 22.4 Å². The summed E-state index contributed by atoms with van der Waals surface area (Å²) in [6.45, 7) is 1.46. The number of methoxy groups -OCH3 is 1. The highest BCUT2D eigenvalue weighted by Gasteiger charge is 2.26. The number of rotatable bonds is 5. The first-order chi connectivity index (χ1) is 15.6. The SMILES string of the molecule is CNCC(=O)N1CCc2c(nc(Cc3ccc(OC)c(F)c3)c3[nH]c4ccccc4c23)C1. The molecular formula is C25H25FN4O2. The normalized spacial score (nSPS) is 13.5. The second-order valence-electron chi connectivity index (χ2n) is 8.15. The van der Waals surface area contributed by atoms with Gasteiger partial charge in [0.1, 0.15) is 0 Å². The summed E-state index contributed by atoms with van der Waals surface area (Å²) in [6.07, 6.45) is 1.23. The summed E-state index contributed by atoms with van der Waals surface area (Å²) in [5.74, 6) is -0.0981. The average Bonchev–Trinajstić information content (AvgIpc) is 3.19. The standard InChI is InChI=1S/C25H25FN4O2/c1-27-13-23(31)30-10-9-17-21(14-30)28-20(12-15-7-8-22(32-2)18(26)11-15)25-24(17)16-5-3-4-6-19(16)29-25/h3-8,11,27,29H,9-10,12-14H2,1-2H3. The minimum Gasteiger partial charge on any atom is -0.494 e. The number of carbonyl (C=O) groups excluding carboxylic acids is 1. The topological polar surface area (TPSA) is 70.2 Å². The number of carbonyl (C=O) groups is 1. The maximum absolute atomic E-state index is 14.3. The van der Waals surface area contributed by atoms with Crippen LogP contribution in [0.25, 0.3) is 21.8 Å². The van der Waals surface area contributed by atoms with Crippen molar-refractivity contribution in [1.82, 2.24) is 20.2 Å². The van der Waals surface area contributed by atoms with E-state index in [4.69, 9.17) is 9.72 Å². The molecule has 6 nitrogen and oxygen atoms in total. The number of halogens is 1. The van der Waals surface area contributed by atoms with Crippen LogP contribution in [0.3, 0.4) is 0 Å². The molecule has 0 bridgehead atoms. The number of para-hydroxylation sites is 1. The molecule has 164 valence electrons.